The first kappa shape index (κ1) is 10.2. The topological polar surface area (TPSA) is 12.4 Å². The lowest BCUT2D eigenvalue weighted by atomic mass is 10.3. The van der Waals surface area contributed by atoms with E-state index in [9.17, 15) is 0 Å². The molecule has 0 aromatic heterocycles. The molecule has 62 valence electrons. The van der Waals surface area contributed by atoms with Crippen LogP contribution >= 0.6 is 0 Å². The summed E-state index contributed by atoms with van der Waals surface area (Å²) in [6, 6.07) is 0. The Kier molecular flexibility index (Phi) is 5.44. The number of rotatable bonds is 3. The van der Waals surface area contributed by atoms with Gasteiger partial charge in [-0.25, -0.2) is 0 Å². The van der Waals surface area contributed by atoms with Gasteiger partial charge >= 0.3 is 0 Å². The largest absolute Gasteiger partial charge is 0.259 e. The first-order valence-electron chi connectivity index (χ1n) is 4.07. The Morgan fingerprint density at radius 3 is 2.36 bits per heavy atom. The molecular formula is C10H17N. The van der Waals surface area contributed by atoms with Crippen molar-refractivity contribution in [3.63, 3.8) is 0 Å². The van der Waals surface area contributed by atoms with Gasteiger partial charge in [0.05, 0.1) is 0 Å². The molecule has 0 N–H and O–H groups in total. The van der Waals surface area contributed by atoms with E-state index in [2.05, 4.69) is 11.9 Å². The first-order chi connectivity index (χ1) is 5.24. The minimum absolute atomic E-state index is 1.01. The van der Waals surface area contributed by atoms with E-state index in [0.29, 0.717) is 0 Å². The molecule has 0 unspecified atom stereocenters. The van der Waals surface area contributed by atoms with Crippen molar-refractivity contribution in [2.45, 2.75) is 34.1 Å². The summed E-state index contributed by atoms with van der Waals surface area (Å²) >= 11 is 0. The molecule has 0 saturated heterocycles. The maximum absolute atomic E-state index is 4.39. The van der Waals surface area contributed by atoms with Crippen LogP contribution in [-0.4, -0.2) is 5.71 Å². The summed E-state index contributed by atoms with van der Waals surface area (Å²) in [4.78, 5) is 4.39. The molecule has 0 radical (unpaired) electrons. The summed E-state index contributed by atoms with van der Waals surface area (Å²) in [6.45, 7) is 8.15. The Morgan fingerprint density at radius 2 is 2.00 bits per heavy atom. The van der Waals surface area contributed by atoms with Crippen molar-refractivity contribution in [1.29, 1.82) is 0 Å². The number of aliphatic imine (C=N–C) groups is 1. The maximum atomic E-state index is 4.39. The molecule has 0 bridgehead atoms. The van der Waals surface area contributed by atoms with Gasteiger partial charge in [-0.15, -0.1) is 0 Å². The Hall–Kier alpha value is -0.850. The van der Waals surface area contributed by atoms with Crippen LogP contribution in [0.3, 0.4) is 0 Å². The Balaban J connectivity index is 4.27. The van der Waals surface area contributed by atoms with Gasteiger partial charge in [-0.2, -0.15) is 0 Å². The molecule has 0 aliphatic rings. The van der Waals surface area contributed by atoms with Crippen molar-refractivity contribution in [2.24, 2.45) is 4.99 Å². The zero-order chi connectivity index (χ0) is 8.69. The molecule has 0 saturated carbocycles. The molecule has 0 aromatic carbocycles. The third-order valence-corrected chi connectivity index (χ3v) is 1.42. The van der Waals surface area contributed by atoms with Gasteiger partial charge in [0.2, 0.25) is 0 Å². The lowest BCUT2D eigenvalue weighted by molar-refractivity contribution is 1.06. The average molecular weight is 151 g/mol. The van der Waals surface area contributed by atoms with E-state index in [1.165, 1.54) is 0 Å². The zero-order valence-electron chi connectivity index (χ0n) is 7.89. The lowest BCUT2D eigenvalue weighted by Gasteiger charge is -1.95. The van der Waals surface area contributed by atoms with Crippen LogP contribution in [0.4, 0.5) is 0 Å². The summed E-state index contributed by atoms with van der Waals surface area (Å²) in [7, 11) is 0. The fourth-order valence-electron chi connectivity index (χ4n) is 0.853. The molecule has 0 atom stereocenters. The molecule has 1 nitrogen and oxygen atoms in total. The Morgan fingerprint density at radius 1 is 1.36 bits per heavy atom. The van der Waals surface area contributed by atoms with Crippen LogP contribution in [0.1, 0.15) is 34.1 Å². The highest BCUT2D eigenvalue weighted by molar-refractivity contribution is 5.93. The maximum Gasteiger partial charge on any atom is 0.0372 e. The predicted octanol–water partition coefficient (Wildman–Crippen LogP) is 3.34. The third kappa shape index (κ3) is 4.54. The normalized spacial score (nSPS) is 14.5. The molecule has 0 aromatic rings. The Bertz CT molecular complexity index is 185. The van der Waals surface area contributed by atoms with Gasteiger partial charge < -0.3 is 0 Å². The van der Waals surface area contributed by atoms with E-state index in [1.54, 1.807) is 0 Å². The summed E-state index contributed by atoms with van der Waals surface area (Å²) in [5.74, 6) is 0. The number of nitrogens with zero attached hydrogens (tertiary/aromatic N) is 1. The van der Waals surface area contributed by atoms with Crippen molar-refractivity contribution in [2.75, 3.05) is 0 Å². The van der Waals surface area contributed by atoms with Gasteiger partial charge in [0, 0.05) is 11.4 Å². The van der Waals surface area contributed by atoms with Crippen LogP contribution in [0, 0.1) is 0 Å². The van der Waals surface area contributed by atoms with Crippen LogP contribution in [0.5, 0.6) is 0 Å². The lowest BCUT2D eigenvalue weighted by Crippen LogP contribution is -1.85. The summed E-state index contributed by atoms with van der Waals surface area (Å²) in [5.41, 5.74) is 2.23. The second kappa shape index (κ2) is 5.90. The summed E-state index contributed by atoms with van der Waals surface area (Å²) in [6.07, 6.45) is 7.07. The van der Waals surface area contributed by atoms with E-state index in [-0.39, 0.29) is 0 Å². The van der Waals surface area contributed by atoms with Crippen LogP contribution < -0.4 is 0 Å². The van der Waals surface area contributed by atoms with E-state index in [1.807, 2.05) is 39.0 Å². The zero-order valence-corrected chi connectivity index (χ0v) is 7.89. The van der Waals surface area contributed by atoms with Crippen molar-refractivity contribution >= 4 is 5.71 Å². The molecule has 0 spiro atoms. The first-order valence-corrected chi connectivity index (χ1v) is 4.07. The van der Waals surface area contributed by atoms with E-state index in [4.69, 9.17) is 0 Å². The second-order valence-electron chi connectivity index (χ2n) is 2.39. The van der Waals surface area contributed by atoms with Crippen molar-refractivity contribution < 1.29 is 0 Å². The number of hydrogen-bond donors (Lipinski definition) is 0. The second-order valence-corrected chi connectivity index (χ2v) is 2.39. The van der Waals surface area contributed by atoms with Gasteiger partial charge in [0.25, 0.3) is 0 Å². The minimum Gasteiger partial charge on any atom is -0.259 e. The molecule has 0 aliphatic carbocycles. The SMILES string of the molecule is C\C=C/C(C)=N/C(=C\C)CC. The quantitative estimate of drug-likeness (QED) is 0.548. The number of allylic oxidation sites excluding steroid dienone is 4. The highest BCUT2D eigenvalue weighted by Crippen LogP contribution is 2.02. The van der Waals surface area contributed by atoms with E-state index >= 15 is 0 Å². The smallest absolute Gasteiger partial charge is 0.0372 e. The van der Waals surface area contributed by atoms with Crippen molar-refractivity contribution in [3.05, 3.63) is 23.9 Å². The summed E-state index contributed by atoms with van der Waals surface area (Å²) in [5, 5.41) is 0. The Labute approximate surface area is 69.5 Å². The monoisotopic (exact) mass is 151 g/mol. The molecule has 11 heavy (non-hydrogen) atoms. The average Bonchev–Trinajstić information content (AvgIpc) is 2.01. The molecule has 0 fully saturated rings. The van der Waals surface area contributed by atoms with Crippen LogP contribution in [0.2, 0.25) is 0 Å². The fourth-order valence-corrected chi connectivity index (χ4v) is 0.853. The molecular weight excluding hydrogens is 134 g/mol. The van der Waals surface area contributed by atoms with E-state index < -0.39 is 0 Å². The van der Waals surface area contributed by atoms with Crippen LogP contribution in [-0.2, 0) is 0 Å². The van der Waals surface area contributed by atoms with Gasteiger partial charge in [0.1, 0.15) is 0 Å². The van der Waals surface area contributed by atoms with Crippen molar-refractivity contribution in [3.8, 4) is 0 Å². The van der Waals surface area contributed by atoms with Gasteiger partial charge in [0.15, 0.2) is 0 Å². The minimum atomic E-state index is 1.01. The standard InChI is InChI=1S/C10H17N/c1-5-8-9(4)11-10(6-2)7-3/h5-6,8H,7H2,1-4H3/b8-5-,10-6-,11-9+. The fraction of sp³-hybridized carbons (Fsp3) is 0.500. The third-order valence-electron chi connectivity index (χ3n) is 1.42. The van der Waals surface area contributed by atoms with Crippen LogP contribution in [0.25, 0.3) is 0 Å². The highest BCUT2D eigenvalue weighted by atomic mass is 14.7. The molecule has 0 heterocycles. The van der Waals surface area contributed by atoms with Gasteiger partial charge in [-0.05, 0) is 33.3 Å². The van der Waals surface area contributed by atoms with Gasteiger partial charge in [-0.1, -0.05) is 19.1 Å². The molecule has 0 amide bonds. The van der Waals surface area contributed by atoms with E-state index in [0.717, 1.165) is 17.8 Å². The highest BCUT2D eigenvalue weighted by Gasteiger charge is 1.87. The van der Waals surface area contributed by atoms with Gasteiger partial charge in [-0.3, -0.25) is 4.99 Å². The van der Waals surface area contributed by atoms with Crippen LogP contribution in [0.15, 0.2) is 28.9 Å². The number of hydrogen-bond acceptors (Lipinski definition) is 1. The molecule has 1 heteroatoms. The van der Waals surface area contributed by atoms with Crippen molar-refractivity contribution in [1.82, 2.24) is 0 Å². The molecule has 0 aliphatic heterocycles. The summed E-state index contributed by atoms with van der Waals surface area (Å²) < 4.78 is 0. The predicted molar refractivity (Wildman–Crippen MR) is 52.0 cm³/mol. The molecule has 0 rings (SSSR count).